The van der Waals surface area contributed by atoms with Gasteiger partial charge in [-0.1, -0.05) is 0 Å². The molecule has 2 rings (SSSR count). The van der Waals surface area contributed by atoms with Crippen molar-refractivity contribution in [1.29, 1.82) is 0 Å². The van der Waals surface area contributed by atoms with Crippen LogP contribution >= 0.6 is 0 Å². The first-order chi connectivity index (χ1) is 8.56. The summed E-state index contributed by atoms with van der Waals surface area (Å²) in [5.41, 5.74) is 0. The van der Waals surface area contributed by atoms with Crippen LogP contribution in [0.2, 0.25) is 0 Å². The van der Waals surface area contributed by atoms with E-state index in [0.29, 0.717) is 37.1 Å². The molecule has 102 valence electrons. The number of urea groups is 1. The maximum atomic E-state index is 12.2. The molecule has 1 aliphatic carbocycles. The van der Waals surface area contributed by atoms with E-state index < -0.39 is 16.8 Å². The van der Waals surface area contributed by atoms with Crippen LogP contribution < -0.4 is 0 Å². The molecule has 1 saturated carbocycles. The molecule has 1 saturated heterocycles. The van der Waals surface area contributed by atoms with Crippen LogP contribution in [-0.2, 0) is 15.6 Å². The summed E-state index contributed by atoms with van der Waals surface area (Å²) < 4.78 is 11.2. The Bertz CT molecular complexity index is 360. The predicted octanol–water partition coefficient (Wildman–Crippen LogP) is -0.0327. The maximum Gasteiger partial charge on any atom is 0.323 e. The van der Waals surface area contributed by atoms with Gasteiger partial charge in [0.25, 0.3) is 0 Å². The molecule has 0 aromatic heterocycles. The maximum absolute atomic E-state index is 12.2. The molecule has 6 nitrogen and oxygen atoms in total. The quantitative estimate of drug-likeness (QED) is 0.780. The van der Waals surface area contributed by atoms with Crippen LogP contribution in [0.3, 0.4) is 0 Å². The number of carboxylic acids is 1. The number of hydrogen-bond donors (Lipinski definition) is 1. The Morgan fingerprint density at radius 3 is 2.39 bits per heavy atom. The minimum atomic E-state index is -0.982. The van der Waals surface area contributed by atoms with Crippen LogP contribution in [-0.4, -0.2) is 68.8 Å². The number of hydrogen-bond acceptors (Lipinski definition) is 3. The highest BCUT2D eigenvalue weighted by molar-refractivity contribution is 7.85. The summed E-state index contributed by atoms with van der Waals surface area (Å²) in [4.78, 5) is 26.0. The third-order valence-corrected chi connectivity index (χ3v) is 4.50. The molecule has 2 aliphatic rings. The first-order valence-electron chi connectivity index (χ1n) is 6.17. The lowest BCUT2D eigenvalue weighted by Gasteiger charge is -2.32. The first kappa shape index (κ1) is 13.3. The summed E-state index contributed by atoms with van der Waals surface area (Å²) in [6.07, 6.45) is 2.15. The molecule has 0 unspecified atom stereocenters. The Labute approximate surface area is 108 Å². The molecule has 0 radical (unpaired) electrons. The van der Waals surface area contributed by atoms with E-state index in [0.717, 1.165) is 12.8 Å². The van der Waals surface area contributed by atoms with Crippen molar-refractivity contribution < 1.29 is 18.9 Å². The first-order valence-corrected chi connectivity index (χ1v) is 7.65. The number of nitrogens with zero attached hydrogens (tertiary/aromatic N) is 2. The van der Waals surface area contributed by atoms with Gasteiger partial charge in [-0.15, -0.1) is 0 Å². The van der Waals surface area contributed by atoms with E-state index in [1.165, 1.54) is 4.90 Å². The number of amides is 2. The Morgan fingerprint density at radius 2 is 1.89 bits per heavy atom. The summed E-state index contributed by atoms with van der Waals surface area (Å²) in [5.74, 6) is 0.475. The zero-order valence-electron chi connectivity index (χ0n) is 10.2. The molecular weight excluding hydrogens is 256 g/mol. The summed E-state index contributed by atoms with van der Waals surface area (Å²) in [6.45, 7) is 1.22. The molecule has 0 aromatic carbocycles. The smallest absolute Gasteiger partial charge is 0.323 e. The summed E-state index contributed by atoms with van der Waals surface area (Å²) >= 11 is 0. The molecule has 1 aliphatic heterocycles. The Hall–Kier alpha value is -1.11. The zero-order valence-corrected chi connectivity index (χ0v) is 11.0. The molecule has 18 heavy (non-hydrogen) atoms. The monoisotopic (exact) mass is 274 g/mol. The van der Waals surface area contributed by atoms with Gasteiger partial charge in [0.1, 0.15) is 6.54 Å². The van der Waals surface area contributed by atoms with E-state index in [1.54, 1.807) is 4.90 Å². The lowest BCUT2D eigenvalue weighted by Crippen LogP contribution is -2.50. The number of carbonyl (C=O) groups is 2. The van der Waals surface area contributed by atoms with Crippen LogP contribution in [0.1, 0.15) is 12.8 Å². The van der Waals surface area contributed by atoms with Crippen LogP contribution in [0.5, 0.6) is 0 Å². The van der Waals surface area contributed by atoms with Crippen molar-refractivity contribution in [3.63, 3.8) is 0 Å². The fourth-order valence-corrected chi connectivity index (χ4v) is 3.07. The highest BCUT2D eigenvalue weighted by atomic mass is 32.2. The highest BCUT2D eigenvalue weighted by Gasteiger charge is 2.31. The largest absolute Gasteiger partial charge is 0.480 e. The van der Waals surface area contributed by atoms with Gasteiger partial charge in [-0.2, -0.15) is 0 Å². The molecule has 2 fully saturated rings. The normalized spacial score (nSPS) is 20.8. The van der Waals surface area contributed by atoms with Gasteiger partial charge in [0.05, 0.1) is 0 Å². The standard InChI is InChI=1S/C11H18N2O4S/c14-10(15)8-13(7-9-1-2-9)11(16)12-3-5-18(17)6-4-12/h9H,1-8H2,(H,14,15). The van der Waals surface area contributed by atoms with Gasteiger partial charge >= 0.3 is 12.0 Å². The van der Waals surface area contributed by atoms with E-state index in [4.69, 9.17) is 5.11 Å². The Kier molecular flexibility index (Phi) is 4.21. The average molecular weight is 274 g/mol. The number of aliphatic carboxylic acids is 1. The molecule has 0 aromatic rings. The van der Waals surface area contributed by atoms with Crippen LogP contribution in [0, 0.1) is 5.92 Å². The molecule has 2 amide bonds. The van der Waals surface area contributed by atoms with Gasteiger partial charge in [0, 0.05) is 41.9 Å². The van der Waals surface area contributed by atoms with Gasteiger partial charge in [0.15, 0.2) is 0 Å². The van der Waals surface area contributed by atoms with Gasteiger partial charge in [-0.25, -0.2) is 4.79 Å². The van der Waals surface area contributed by atoms with Gasteiger partial charge in [-0.3, -0.25) is 9.00 Å². The minimum absolute atomic E-state index is 0.221. The van der Waals surface area contributed by atoms with Crippen molar-refractivity contribution in [2.75, 3.05) is 37.7 Å². The molecule has 0 spiro atoms. The van der Waals surface area contributed by atoms with Crippen molar-refractivity contribution >= 4 is 22.8 Å². The fourth-order valence-electron chi connectivity index (χ4n) is 2.01. The second-order valence-electron chi connectivity index (χ2n) is 4.84. The van der Waals surface area contributed by atoms with Crippen LogP contribution in [0.25, 0.3) is 0 Å². The fraction of sp³-hybridized carbons (Fsp3) is 0.818. The summed E-state index contributed by atoms with van der Waals surface area (Å²) in [7, 11) is -0.829. The van der Waals surface area contributed by atoms with Gasteiger partial charge in [0.2, 0.25) is 0 Å². The summed E-state index contributed by atoms with van der Waals surface area (Å²) in [6, 6.07) is -0.221. The van der Waals surface area contributed by atoms with Crippen molar-refractivity contribution in [3.8, 4) is 0 Å². The third kappa shape index (κ3) is 3.69. The molecule has 7 heteroatoms. The second kappa shape index (κ2) is 5.69. The zero-order chi connectivity index (χ0) is 13.1. The molecule has 0 bridgehead atoms. The van der Waals surface area contributed by atoms with E-state index in [2.05, 4.69) is 0 Å². The second-order valence-corrected chi connectivity index (χ2v) is 6.53. The van der Waals surface area contributed by atoms with Crippen LogP contribution in [0.4, 0.5) is 4.79 Å². The van der Waals surface area contributed by atoms with E-state index in [-0.39, 0.29) is 12.6 Å². The van der Waals surface area contributed by atoms with E-state index >= 15 is 0 Å². The molecule has 1 heterocycles. The van der Waals surface area contributed by atoms with Gasteiger partial charge in [-0.05, 0) is 18.8 Å². The number of carbonyl (C=O) groups excluding carboxylic acids is 1. The lowest BCUT2D eigenvalue weighted by atomic mass is 10.3. The van der Waals surface area contributed by atoms with Crippen molar-refractivity contribution in [2.24, 2.45) is 5.92 Å². The van der Waals surface area contributed by atoms with Crippen molar-refractivity contribution in [1.82, 2.24) is 9.80 Å². The third-order valence-electron chi connectivity index (χ3n) is 3.22. The minimum Gasteiger partial charge on any atom is -0.480 e. The number of rotatable bonds is 4. The van der Waals surface area contributed by atoms with Crippen LogP contribution in [0.15, 0.2) is 0 Å². The van der Waals surface area contributed by atoms with Crippen molar-refractivity contribution in [2.45, 2.75) is 12.8 Å². The molecule has 0 atom stereocenters. The Balaban J connectivity index is 1.92. The summed E-state index contributed by atoms with van der Waals surface area (Å²) in [5, 5.41) is 8.85. The van der Waals surface area contributed by atoms with E-state index in [1.807, 2.05) is 0 Å². The number of carboxylic acid groups (broad SMARTS) is 1. The average Bonchev–Trinajstić information content (AvgIpc) is 3.12. The molecular formula is C11H18N2O4S. The van der Waals surface area contributed by atoms with E-state index in [9.17, 15) is 13.8 Å². The predicted molar refractivity (Wildman–Crippen MR) is 66.8 cm³/mol. The highest BCUT2D eigenvalue weighted by Crippen LogP contribution is 2.30. The van der Waals surface area contributed by atoms with Crippen molar-refractivity contribution in [3.05, 3.63) is 0 Å². The Morgan fingerprint density at radius 1 is 1.28 bits per heavy atom. The molecule has 1 N–H and O–H groups in total. The topological polar surface area (TPSA) is 77.9 Å². The lowest BCUT2D eigenvalue weighted by molar-refractivity contribution is -0.137. The van der Waals surface area contributed by atoms with Gasteiger partial charge < -0.3 is 14.9 Å². The SMILES string of the molecule is O=C(O)CN(CC1CC1)C(=O)N1CCS(=O)CC1.